The normalized spacial score (nSPS) is 14.7. The van der Waals surface area contributed by atoms with E-state index in [4.69, 9.17) is 28.2 Å². The van der Waals surface area contributed by atoms with Gasteiger partial charge in [0.15, 0.2) is 10.9 Å². The Balaban J connectivity index is 1.46. The lowest BCUT2D eigenvalue weighted by Gasteiger charge is -2.37. The average molecular weight is 443 g/mol. The molecule has 0 atom stereocenters. The topological polar surface area (TPSA) is 60.8 Å². The van der Waals surface area contributed by atoms with Crippen LogP contribution in [0.2, 0.25) is 5.02 Å². The van der Waals surface area contributed by atoms with Crippen LogP contribution in [0.1, 0.15) is 17.5 Å². The molecule has 30 heavy (non-hydrogen) atoms. The maximum Gasteiger partial charge on any atom is 0.293 e. The largest absolute Gasteiger partial charge is 0.451 e. The zero-order valence-electron chi connectivity index (χ0n) is 16.7. The minimum absolute atomic E-state index is 0.191. The molecule has 2 heterocycles. The number of rotatable bonds is 4. The number of furan rings is 1. The Morgan fingerprint density at radius 2 is 1.90 bits per heavy atom. The van der Waals surface area contributed by atoms with Gasteiger partial charge in [0.1, 0.15) is 5.58 Å². The van der Waals surface area contributed by atoms with Crippen molar-refractivity contribution in [2.24, 2.45) is 0 Å². The first-order chi connectivity index (χ1) is 14.5. The van der Waals surface area contributed by atoms with Crippen LogP contribution in [0.4, 0.5) is 11.4 Å². The first-order valence-electron chi connectivity index (χ1n) is 9.92. The predicted molar refractivity (Wildman–Crippen MR) is 126 cm³/mol. The van der Waals surface area contributed by atoms with Crippen molar-refractivity contribution in [3.63, 3.8) is 0 Å². The average Bonchev–Trinajstić information content (AvgIpc) is 3.18. The Kier molecular flexibility index (Phi) is 6.22. The molecule has 1 fully saturated rings. The number of fused-ring (bicyclic) bond motifs is 1. The molecule has 1 saturated heterocycles. The lowest BCUT2D eigenvalue weighted by Crippen LogP contribution is -2.46. The fourth-order valence-corrected chi connectivity index (χ4v) is 4.13. The summed E-state index contributed by atoms with van der Waals surface area (Å²) >= 11 is 11.9. The van der Waals surface area contributed by atoms with Crippen molar-refractivity contribution in [1.29, 1.82) is 0 Å². The molecule has 0 saturated carbocycles. The lowest BCUT2D eigenvalue weighted by atomic mass is 10.2. The van der Waals surface area contributed by atoms with E-state index in [-0.39, 0.29) is 10.9 Å². The SMILES string of the molecule is CCN1CCN(c2c(Cl)cccc2NC(=S)NC(=O)c2cc3ccccc3o2)CC1. The van der Waals surface area contributed by atoms with Crippen molar-refractivity contribution in [2.45, 2.75) is 6.92 Å². The van der Waals surface area contributed by atoms with E-state index in [0.717, 1.165) is 49.5 Å². The molecule has 0 radical (unpaired) electrons. The van der Waals surface area contributed by atoms with Gasteiger partial charge in [0.25, 0.3) is 5.91 Å². The first kappa shape index (κ1) is 20.7. The molecule has 1 aliphatic heterocycles. The second kappa shape index (κ2) is 9.04. The summed E-state index contributed by atoms with van der Waals surface area (Å²) in [6, 6.07) is 14.8. The highest BCUT2D eigenvalue weighted by atomic mass is 35.5. The molecule has 2 N–H and O–H groups in total. The minimum Gasteiger partial charge on any atom is -0.451 e. The highest BCUT2D eigenvalue weighted by molar-refractivity contribution is 7.80. The van der Waals surface area contributed by atoms with Gasteiger partial charge in [-0.25, -0.2) is 0 Å². The fourth-order valence-electron chi connectivity index (χ4n) is 3.64. The summed E-state index contributed by atoms with van der Waals surface area (Å²) < 4.78 is 5.61. The van der Waals surface area contributed by atoms with Crippen LogP contribution in [0.15, 0.2) is 52.9 Å². The van der Waals surface area contributed by atoms with Gasteiger partial charge in [-0.1, -0.05) is 42.8 Å². The highest BCUT2D eigenvalue weighted by Crippen LogP contribution is 2.34. The zero-order valence-corrected chi connectivity index (χ0v) is 18.2. The number of carbonyl (C=O) groups is 1. The van der Waals surface area contributed by atoms with Gasteiger partial charge < -0.3 is 19.5 Å². The zero-order chi connectivity index (χ0) is 21.1. The van der Waals surface area contributed by atoms with Gasteiger partial charge in [0, 0.05) is 31.6 Å². The van der Waals surface area contributed by atoms with E-state index < -0.39 is 5.91 Å². The highest BCUT2D eigenvalue weighted by Gasteiger charge is 2.21. The van der Waals surface area contributed by atoms with Crippen LogP contribution in [0.3, 0.4) is 0 Å². The molecule has 0 aliphatic carbocycles. The van der Waals surface area contributed by atoms with Gasteiger partial charge in [-0.2, -0.15) is 0 Å². The van der Waals surface area contributed by atoms with Crippen LogP contribution in [0.25, 0.3) is 11.0 Å². The third-order valence-electron chi connectivity index (χ3n) is 5.25. The number of likely N-dealkylation sites (N-methyl/N-ethyl adjacent to an activating group) is 1. The quantitative estimate of drug-likeness (QED) is 0.585. The van der Waals surface area contributed by atoms with Crippen molar-refractivity contribution in [3.05, 3.63) is 59.3 Å². The smallest absolute Gasteiger partial charge is 0.293 e. The number of nitrogens with zero attached hydrogens (tertiary/aromatic N) is 2. The number of halogens is 1. The number of piperazine rings is 1. The molecule has 8 heteroatoms. The molecule has 1 amide bonds. The van der Waals surface area contributed by atoms with E-state index in [1.807, 2.05) is 42.5 Å². The summed E-state index contributed by atoms with van der Waals surface area (Å²) in [6.45, 7) is 6.93. The van der Waals surface area contributed by atoms with E-state index >= 15 is 0 Å². The number of anilines is 2. The Morgan fingerprint density at radius 3 is 2.63 bits per heavy atom. The maximum atomic E-state index is 12.6. The predicted octanol–water partition coefficient (Wildman–Crippen LogP) is 4.35. The number of thiocarbonyl (C=S) groups is 1. The van der Waals surface area contributed by atoms with Crippen molar-refractivity contribution in [3.8, 4) is 0 Å². The second-order valence-electron chi connectivity index (χ2n) is 7.11. The maximum absolute atomic E-state index is 12.6. The molecular formula is C22H23ClN4O2S. The number of amides is 1. The second-order valence-corrected chi connectivity index (χ2v) is 7.93. The minimum atomic E-state index is -0.399. The van der Waals surface area contributed by atoms with Crippen LogP contribution in [0, 0.1) is 0 Å². The lowest BCUT2D eigenvalue weighted by molar-refractivity contribution is 0.0953. The van der Waals surface area contributed by atoms with Gasteiger partial charge in [-0.3, -0.25) is 10.1 Å². The summed E-state index contributed by atoms with van der Waals surface area (Å²) in [5, 5.41) is 7.52. The number of carbonyl (C=O) groups excluding carboxylic acids is 1. The third kappa shape index (κ3) is 4.43. The van der Waals surface area contributed by atoms with Gasteiger partial charge >= 0.3 is 0 Å². The molecule has 0 unspecified atom stereocenters. The number of para-hydroxylation sites is 2. The van der Waals surface area contributed by atoms with Crippen LogP contribution in [-0.2, 0) is 0 Å². The first-order valence-corrected chi connectivity index (χ1v) is 10.7. The van der Waals surface area contributed by atoms with Crippen LogP contribution in [0.5, 0.6) is 0 Å². The number of hydrogen-bond donors (Lipinski definition) is 2. The molecule has 3 aromatic rings. The molecule has 4 rings (SSSR count). The fraction of sp³-hybridized carbons (Fsp3) is 0.273. The Hall–Kier alpha value is -2.61. The molecule has 2 aromatic carbocycles. The van der Waals surface area contributed by atoms with Crippen LogP contribution in [-0.4, -0.2) is 48.6 Å². The van der Waals surface area contributed by atoms with E-state index in [1.54, 1.807) is 6.07 Å². The van der Waals surface area contributed by atoms with E-state index in [9.17, 15) is 4.79 Å². The summed E-state index contributed by atoms with van der Waals surface area (Å²) in [6.07, 6.45) is 0. The van der Waals surface area contributed by atoms with E-state index in [2.05, 4.69) is 27.4 Å². The monoisotopic (exact) mass is 442 g/mol. The van der Waals surface area contributed by atoms with Crippen molar-refractivity contribution in [1.82, 2.24) is 10.2 Å². The third-order valence-corrected chi connectivity index (χ3v) is 5.76. The van der Waals surface area contributed by atoms with Gasteiger partial charge in [0.05, 0.1) is 16.4 Å². The van der Waals surface area contributed by atoms with Crippen molar-refractivity contribution >= 4 is 57.2 Å². The number of hydrogen-bond acceptors (Lipinski definition) is 5. The molecule has 0 bridgehead atoms. The van der Waals surface area contributed by atoms with Gasteiger partial charge in [-0.15, -0.1) is 0 Å². The van der Waals surface area contributed by atoms with Crippen molar-refractivity contribution in [2.75, 3.05) is 42.9 Å². The molecule has 6 nitrogen and oxygen atoms in total. The Labute approximate surface area is 185 Å². The number of benzene rings is 2. The number of nitrogens with one attached hydrogen (secondary N) is 2. The summed E-state index contributed by atoms with van der Waals surface area (Å²) in [7, 11) is 0. The molecule has 156 valence electrons. The van der Waals surface area contributed by atoms with Gasteiger partial charge in [0.2, 0.25) is 0 Å². The molecule has 0 spiro atoms. The standard InChI is InChI=1S/C22H23ClN4O2S/c1-2-26-10-12-27(13-11-26)20-16(23)7-5-8-17(20)24-22(30)25-21(28)19-14-15-6-3-4-9-18(15)29-19/h3-9,14H,2,10-13H2,1H3,(H2,24,25,28,30). The summed E-state index contributed by atoms with van der Waals surface area (Å²) in [4.78, 5) is 17.2. The van der Waals surface area contributed by atoms with E-state index in [0.29, 0.717) is 10.6 Å². The molecule has 1 aromatic heterocycles. The summed E-state index contributed by atoms with van der Waals surface area (Å²) in [5.74, 6) is -0.189. The Morgan fingerprint density at radius 1 is 1.13 bits per heavy atom. The van der Waals surface area contributed by atoms with Gasteiger partial charge in [-0.05, 0) is 43.0 Å². The van der Waals surface area contributed by atoms with Crippen LogP contribution < -0.4 is 15.5 Å². The van der Waals surface area contributed by atoms with Crippen molar-refractivity contribution < 1.29 is 9.21 Å². The molecule has 1 aliphatic rings. The summed E-state index contributed by atoms with van der Waals surface area (Å²) in [5.41, 5.74) is 2.32. The van der Waals surface area contributed by atoms with E-state index in [1.165, 1.54) is 0 Å². The Bertz CT molecular complexity index is 1040. The molecular weight excluding hydrogens is 420 g/mol. The van der Waals surface area contributed by atoms with Crippen LogP contribution >= 0.6 is 23.8 Å².